The summed E-state index contributed by atoms with van der Waals surface area (Å²) in [6.07, 6.45) is 9.70. The van der Waals surface area contributed by atoms with Crippen LogP contribution in [0.2, 0.25) is 0 Å². The molecule has 1 spiro atoms. The minimum absolute atomic E-state index is 0.286. The minimum Gasteiger partial charge on any atom is -0.372 e. The molecule has 1 aliphatic heterocycles. The average molecular weight is 296 g/mol. The van der Waals surface area contributed by atoms with Crippen molar-refractivity contribution in [1.29, 1.82) is 0 Å². The standard InChI is InChI=1S/C19H37NO/c1-15(2)13-20-14-18(5,16(3)4)12-17-8-11-19(21-17)9-6-7-10-19/h15-17,20H,6-14H2,1-5H3. The van der Waals surface area contributed by atoms with Gasteiger partial charge in [0.2, 0.25) is 0 Å². The Hall–Kier alpha value is -0.0800. The van der Waals surface area contributed by atoms with Crippen LogP contribution in [0.1, 0.15) is 79.6 Å². The Bertz CT molecular complexity index is 320. The molecule has 0 aromatic rings. The van der Waals surface area contributed by atoms with Gasteiger partial charge < -0.3 is 10.1 Å². The van der Waals surface area contributed by atoms with Crippen LogP contribution in [0.5, 0.6) is 0 Å². The van der Waals surface area contributed by atoms with E-state index in [9.17, 15) is 0 Å². The first kappa shape index (κ1) is 17.3. The monoisotopic (exact) mass is 295 g/mol. The lowest BCUT2D eigenvalue weighted by atomic mass is 9.74. The van der Waals surface area contributed by atoms with Crippen molar-refractivity contribution in [1.82, 2.24) is 5.32 Å². The lowest BCUT2D eigenvalue weighted by molar-refractivity contribution is -0.0566. The molecule has 1 saturated carbocycles. The van der Waals surface area contributed by atoms with Crippen molar-refractivity contribution in [3.63, 3.8) is 0 Å². The fraction of sp³-hybridized carbons (Fsp3) is 1.00. The number of hydrogen-bond donors (Lipinski definition) is 1. The first-order valence-electron chi connectivity index (χ1n) is 9.24. The molecule has 1 aliphatic carbocycles. The van der Waals surface area contributed by atoms with Crippen LogP contribution in [0.15, 0.2) is 0 Å². The van der Waals surface area contributed by atoms with Gasteiger partial charge in [-0.15, -0.1) is 0 Å². The first-order valence-corrected chi connectivity index (χ1v) is 9.24. The van der Waals surface area contributed by atoms with E-state index >= 15 is 0 Å². The van der Waals surface area contributed by atoms with Gasteiger partial charge in [-0.1, -0.05) is 47.5 Å². The van der Waals surface area contributed by atoms with Crippen LogP contribution in [0.3, 0.4) is 0 Å². The maximum atomic E-state index is 6.56. The van der Waals surface area contributed by atoms with Crippen molar-refractivity contribution in [2.75, 3.05) is 13.1 Å². The zero-order valence-corrected chi connectivity index (χ0v) is 15.0. The molecule has 0 amide bonds. The van der Waals surface area contributed by atoms with Gasteiger partial charge in [0.1, 0.15) is 0 Å². The second-order valence-electron chi connectivity index (χ2n) is 8.71. The summed E-state index contributed by atoms with van der Waals surface area (Å²) in [5.41, 5.74) is 0.637. The number of ether oxygens (including phenoxy) is 1. The van der Waals surface area contributed by atoms with Crippen LogP contribution in [-0.2, 0) is 4.74 Å². The third kappa shape index (κ3) is 4.45. The van der Waals surface area contributed by atoms with E-state index in [1.165, 1.54) is 44.9 Å². The summed E-state index contributed by atoms with van der Waals surface area (Å²) < 4.78 is 6.56. The Morgan fingerprint density at radius 2 is 1.81 bits per heavy atom. The lowest BCUT2D eigenvalue weighted by Crippen LogP contribution is -2.40. The molecule has 0 radical (unpaired) electrons. The Balaban J connectivity index is 1.87. The van der Waals surface area contributed by atoms with Crippen LogP contribution in [0, 0.1) is 17.3 Å². The fourth-order valence-corrected chi connectivity index (χ4v) is 4.10. The summed E-state index contributed by atoms with van der Waals surface area (Å²) in [6, 6.07) is 0. The van der Waals surface area contributed by atoms with Crippen LogP contribution in [0.25, 0.3) is 0 Å². The number of hydrogen-bond acceptors (Lipinski definition) is 2. The van der Waals surface area contributed by atoms with Gasteiger partial charge in [0.05, 0.1) is 11.7 Å². The highest BCUT2D eigenvalue weighted by atomic mass is 16.5. The van der Waals surface area contributed by atoms with E-state index in [1.54, 1.807) is 0 Å². The van der Waals surface area contributed by atoms with Crippen molar-refractivity contribution in [3.05, 3.63) is 0 Å². The molecular formula is C19H37NO. The molecule has 2 heteroatoms. The van der Waals surface area contributed by atoms with Crippen molar-refractivity contribution in [2.45, 2.75) is 91.3 Å². The van der Waals surface area contributed by atoms with E-state index in [0.29, 0.717) is 17.4 Å². The average Bonchev–Trinajstić information content (AvgIpc) is 3.00. The summed E-state index contributed by atoms with van der Waals surface area (Å²) in [6.45, 7) is 14.0. The van der Waals surface area contributed by atoms with Crippen LogP contribution in [0.4, 0.5) is 0 Å². The summed E-state index contributed by atoms with van der Waals surface area (Å²) >= 11 is 0. The minimum atomic E-state index is 0.286. The quantitative estimate of drug-likeness (QED) is 0.730. The molecular weight excluding hydrogens is 258 g/mol. The van der Waals surface area contributed by atoms with Gasteiger partial charge in [0, 0.05) is 6.54 Å². The van der Waals surface area contributed by atoms with Gasteiger partial charge in [-0.05, 0) is 55.9 Å². The van der Waals surface area contributed by atoms with E-state index in [4.69, 9.17) is 4.74 Å². The lowest BCUT2D eigenvalue weighted by Gasteiger charge is -2.37. The molecule has 0 aromatic heterocycles. The van der Waals surface area contributed by atoms with E-state index in [1.807, 2.05) is 0 Å². The van der Waals surface area contributed by atoms with Crippen molar-refractivity contribution < 1.29 is 4.74 Å². The van der Waals surface area contributed by atoms with Gasteiger partial charge in [0.25, 0.3) is 0 Å². The molecule has 124 valence electrons. The zero-order chi connectivity index (χ0) is 15.5. The van der Waals surface area contributed by atoms with Gasteiger partial charge in [0.15, 0.2) is 0 Å². The van der Waals surface area contributed by atoms with Crippen molar-refractivity contribution in [3.8, 4) is 0 Å². The normalized spacial score (nSPS) is 27.9. The van der Waals surface area contributed by atoms with E-state index < -0.39 is 0 Å². The number of nitrogens with one attached hydrogen (secondary N) is 1. The van der Waals surface area contributed by atoms with Crippen molar-refractivity contribution >= 4 is 0 Å². The highest BCUT2D eigenvalue weighted by molar-refractivity contribution is 4.95. The highest BCUT2D eigenvalue weighted by Gasteiger charge is 2.44. The maximum absolute atomic E-state index is 6.56. The SMILES string of the molecule is CC(C)CNCC(C)(CC1CCC2(CCCC2)O1)C(C)C. The molecule has 21 heavy (non-hydrogen) atoms. The molecule has 2 fully saturated rings. The van der Waals surface area contributed by atoms with E-state index in [-0.39, 0.29) is 5.60 Å². The topological polar surface area (TPSA) is 21.3 Å². The Kier molecular flexibility index (Phi) is 5.76. The van der Waals surface area contributed by atoms with Gasteiger partial charge >= 0.3 is 0 Å². The van der Waals surface area contributed by atoms with Crippen LogP contribution < -0.4 is 5.32 Å². The third-order valence-corrected chi connectivity index (χ3v) is 6.02. The number of rotatable bonds is 7. The molecule has 2 unspecified atom stereocenters. The Morgan fingerprint density at radius 1 is 1.14 bits per heavy atom. The third-order valence-electron chi connectivity index (χ3n) is 6.02. The molecule has 2 nitrogen and oxygen atoms in total. The predicted molar refractivity (Wildman–Crippen MR) is 90.6 cm³/mol. The second-order valence-corrected chi connectivity index (χ2v) is 8.71. The Morgan fingerprint density at radius 3 is 2.38 bits per heavy atom. The van der Waals surface area contributed by atoms with Crippen LogP contribution >= 0.6 is 0 Å². The first-order chi connectivity index (χ1) is 9.85. The van der Waals surface area contributed by atoms with Gasteiger partial charge in [-0.3, -0.25) is 0 Å². The maximum Gasteiger partial charge on any atom is 0.0687 e. The van der Waals surface area contributed by atoms with E-state index in [2.05, 4.69) is 39.9 Å². The molecule has 2 rings (SSSR count). The highest BCUT2D eigenvalue weighted by Crippen LogP contribution is 2.46. The molecule has 1 heterocycles. The molecule has 1 N–H and O–H groups in total. The molecule has 0 aromatic carbocycles. The summed E-state index contributed by atoms with van der Waals surface area (Å²) in [5.74, 6) is 1.42. The molecule has 2 aliphatic rings. The largest absolute Gasteiger partial charge is 0.372 e. The molecule has 2 atom stereocenters. The summed E-state index contributed by atoms with van der Waals surface area (Å²) in [4.78, 5) is 0. The van der Waals surface area contributed by atoms with Crippen molar-refractivity contribution in [2.24, 2.45) is 17.3 Å². The predicted octanol–water partition coefficient (Wildman–Crippen LogP) is 4.78. The second kappa shape index (κ2) is 7.00. The summed E-state index contributed by atoms with van der Waals surface area (Å²) in [7, 11) is 0. The molecule has 0 bridgehead atoms. The smallest absolute Gasteiger partial charge is 0.0687 e. The van der Waals surface area contributed by atoms with E-state index in [0.717, 1.165) is 19.0 Å². The van der Waals surface area contributed by atoms with Crippen LogP contribution in [-0.4, -0.2) is 24.8 Å². The molecule has 1 saturated heterocycles. The zero-order valence-electron chi connectivity index (χ0n) is 15.0. The Labute approximate surface area is 132 Å². The summed E-state index contributed by atoms with van der Waals surface area (Å²) in [5, 5.41) is 3.69. The van der Waals surface area contributed by atoms with Gasteiger partial charge in [-0.25, -0.2) is 0 Å². The van der Waals surface area contributed by atoms with Gasteiger partial charge in [-0.2, -0.15) is 0 Å². The fourth-order valence-electron chi connectivity index (χ4n) is 4.10.